The van der Waals surface area contributed by atoms with Gasteiger partial charge in [0.25, 0.3) is 0 Å². The van der Waals surface area contributed by atoms with Gasteiger partial charge >= 0.3 is 0 Å². The van der Waals surface area contributed by atoms with E-state index in [1.54, 1.807) is 0 Å². The largest absolute Gasteiger partial charge is 0.361 e. The van der Waals surface area contributed by atoms with Crippen LogP contribution >= 0.6 is 0 Å². The molecule has 5 nitrogen and oxygen atoms in total. The first-order valence-corrected chi connectivity index (χ1v) is 18.0. The van der Waals surface area contributed by atoms with Crippen molar-refractivity contribution in [1.29, 1.82) is 5.41 Å². The third-order valence-corrected chi connectivity index (χ3v) is 10.2. The first-order valence-electron chi connectivity index (χ1n) is 18.0. The summed E-state index contributed by atoms with van der Waals surface area (Å²) in [5.74, 6) is 0.715. The van der Waals surface area contributed by atoms with E-state index in [0.29, 0.717) is 11.5 Å². The Labute approximate surface area is 305 Å². The van der Waals surface area contributed by atoms with Gasteiger partial charge in [-0.2, -0.15) is 0 Å². The maximum Gasteiger partial charge on any atom is 0.131 e. The lowest BCUT2D eigenvalue weighted by atomic mass is 9.83. The molecule has 0 radical (unpaired) electrons. The molecule has 0 saturated heterocycles. The fourth-order valence-corrected chi connectivity index (χ4v) is 7.24. The summed E-state index contributed by atoms with van der Waals surface area (Å²) in [5, 5.41) is 17.0. The minimum Gasteiger partial charge on any atom is -0.361 e. The van der Waals surface area contributed by atoms with Crippen LogP contribution < -0.4 is 5.32 Å². The molecule has 0 aliphatic heterocycles. The normalized spacial score (nSPS) is 12.2. The molecule has 3 aromatic heterocycles. The van der Waals surface area contributed by atoms with E-state index in [0.717, 1.165) is 66.5 Å². The van der Waals surface area contributed by atoms with Gasteiger partial charge in [0, 0.05) is 50.2 Å². The molecule has 8 aromatic rings. The molecule has 258 valence electrons. The number of aryl methyl sites for hydroxylation is 1. The Morgan fingerprint density at radius 1 is 0.654 bits per heavy atom. The number of hydrogen-bond acceptors (Lipinski definition) is 3. The standard InChI is InChI=1S/C47H45N5/c1-28-21-30-19-20-49-44(30)37(22-28)41-23-31(29-13-9-8-10-14-29)24-42(51-41)50-39-16-12-11-15-34(39)43(48)38-27-33(47(5,6)7)26-36-35-25-32(46(2,3)4)17-18-40(35)52-45(36)38/h8-27,48-49,52H,1-7H3,(H,50,51). The lowest BCUT2D eigenvalue weighted by Gasteiger charge is -2.22. The van der Waals surface area contributed by atoms with Crippen molar-refractivity contribution in [2.45, 2.75) is 59.3 Å². The second-order valence-electron chi connectivity index (χ2n) is 16.1. The highest BCUT2D eigenvalue weighted by atomic mass is 15.0. The summed E-state index contributed by atoms with van der Waals surface area (Å²) in [6.45, 7) is 15.6. The van der Waals surface area contributed by atoms with Gasteiger partial charge in [-0.25, -0.2) is 4.98 Å². The van der Waals surface area contributed by atoms with Crippen LogP contribution in [0, 0.1) is 12.3 Å². The van der Waals surface area contributed by atoms with Gasteiger partial charge in [0.2, 0.25) is 0 Å². The fraction of sp³-hybridized carbons (Fsp3) is 0.191. The smallest absolute Gasteiger partial charge is 0.131 e. The lowest BCUT2D eigenvalue weighted by molar-refractivity contribution is 0.590. The van der Waals surface area contributed by atoms with Crippen LogP contribution in [0.15, 0.2) is 121 Å². The van der Waals surface area contributed by atoms with Crippen LogP contribution in [0.4, 0.5) is 11.5 Å². The molecule has 0 atom stereocenters. The van der Waals surface area contributed by atoms with E-state index >= 15 is 0 Å². The van der Waals surface area contributed by atoms with Gasteiger partial charge in [-0.3, -0.25) is 5.41 Å². The van der Waals surface area contributed by atoms with Crippen LogP contribution in [-0.2, 0) is 10.8 Å². The number of rotatable bonds is 6. The monoisotopic (exact) mass is 679 g/mol. The summed E-state index contributed by atoms with van der Waals surface area (Å²) in [5.41, 5.74) is 13.8. The van der Waals surface area contributed by atoms with Crippen molar-refractivity contribution in [3.63, 3.8) is 0 Å². The topological polar surface area (TPSA) is 80.3 Å². The van der Waals surface area contributed by atoms with Crippen molar-refractivity contribution in [3.8, 4) is 22.4 Å². The van der Waals surface area contributed by atoms with E-state index in [1.807, 2.05) is 36.5 Å². The van der Waals surface area contributed by atoms with Gasteiger partial charge in [-0.05, 0) is 106 Å². The third-order valence-electron chi connectivity index (χ3n) is 10.2. The molecule has 52 heavy (non-hydrogen) atoms. The predicted octanol–water partition coefficient (Wildman–Crippen LogP) is 12.6. The number of anilines is 2. The highest BCUT2D eigenvalue weighted by Crippen LogP contribution is 2.38. The van der Waals surface area contributed by atoms with Gasteiger partial charge in [-0.15, -0.1) is 0 Å². The number of hydrogen-bond donors (Lipinski definition) is 4. The van der Waals surface area contributed by atoms with E-state index in [9.17, 15) is 5.41 Å². The highest BCUT2D eigenvalue weighted by molar-refractivity contribution is 6.23. The molecule has 0 aliphatic carbocycles. The minimum absolute atomic E-state index is 0.0259. The van der Waals surface area contributed by atoms with Crippen molar-refractivity contribution in [2.75, 3.05) is 5.32 Å². The maximum atomic E-state index is 9.84. The molecule has 0 saturated carbocycles. The Hall–Kier alpha value is -5.94. The molecule has 0 fully saturated rings. The summed E-state index contributed by atoms with van der Waals surface area (Å²) >= 11 is 0. The van der Waals surface area contributed by atoms with Crippen LogP contribution in [0.2, 0.25) is 0 Å². The summed E-state index contributed by atoms with van der Waals surface area (Å²) in [6.07, 6.45) is 1.98. The van der Waals surface area contributed by atoms with Crippen LogP contribution in [0.5, 0.6) is 0 Å². The molecular weight excluding hydrogens is 635 g/mol. The van der Waals surface area contributed by atoms with Gasteiger partial charge in [0.1, 0.15) is 5.82 Å². The number of nitrogens with one attached hydrogen (secondary N) is 4. The van der Waals surface area contributed by atoms with Crippen molar-refractivity contribution in [1.82, 2.24) is 15.0 Å². The van der Waals surface area contributed by atoms with Crippen LogP contribution in [0.1, 0.15) is 69.4 Å². The second-order valence-corrected chi connectivity index (χ2v) is 16.1. The van der Waals surface area contributed by atoms with Crippen LogP contribution in [0.3, 0.4) is 0 Å². The Bertz CT molecular complexity index is 2640. The average Bonchev–Trinajstić information content (AvgIpc) is 3.74. The molecule has 0 bridgehead atoms. The van der Waals surface area contributed by atoms with Gasteiger partial charge in [0.05, 0.1) is 22.4 Å². The average molecular weight is 680 g/mol. The summed E-state index contributed by atoms with van der Waals surface area (Å²) in [6, 6.07) is 40.5. The zero-order chi connectivity index (χ0) is 36.4. The summed E-state index contributed by atoms with van der Waals surface area (Å²) in [7, 11) is 0. The Morgan fingerprint density at radius 2 is 1.38 bits per heavy atom. The molecule has 0 amide bonds. The van der Waals surface area contributed by atoms with Crippen LogP contribution in [-0.4, -0.2) is 20.7 Å². The third kappa shape index (κ3) is 6.06. The zero-order valence-electron chi connectivity index (χ0n) is 31.0. The SMILES string of the molecule is Cc1cc(-c2cc(-c3ccccc3)cc(Nc3ccccc3C(=N)c3cc(C(C)(C)C)cc4c3[nH]c3ccc(C(C)(C)C)cc34)n2)c2[nH]ccc2c1. The Balaban J connectivity index is 1.27. The Kier molecular flexibility index (Phi) is 7.91. The van der Waals surface area contributed by atoms with Crippen LogP contribution in [0.25, 0.3) is 55.1 Å². The zero-order valence-corrected chi connectivity index (χ0v) is 31.0. The number of para-hydroxylation sites is 1. The second kappa shape index (κ2) is 12.4. The van der Waals surface area contributed by atoms with E-state index < -0.39 is 0 Å². The predicted molar refractivity (Wildman–Crippen MR) is 221 cm³/mol. The molecule has 0 spiro atoms. The molecule has 0 unspecified atom stereocenters. The minimum atomic E-state index is -0.106. The molecule has 3 heterocycles. The van der Waals surface area contributed by atoms with Gasteiger partial charge in [0.15, 0.2) is 0 Å². The van der Waals surface area contributed by atoms with E-state index in [1.165, 1.54) is 22.1 Å². The van der Waals surface area contributed by atoms with E-state index in [-0.39, 0.29) is 10.8 Å². The maximum absolute atomic E-state index is 9.84. The summed E-state index contributed by atoms with van der Waals surface area (Å²) < 4.78 is 0. The van der Waals surface area contributed by atoms with Gasteiger partial charge in [-0.1, -0.05) is 96.1 Å². The molecule has 5 heteroatoms. The highest BCUT2D eigenvalue weighted by Gasteiger charge is 2.23. The van der Waals surface area contributed by atoms with E-state index in [4.69, 9.17) is 4.98 Å². The van der Waals surface area contributed by atoms with Crippen molar-refractivity contribution in [3.05, 3.63) is 149 Å². The summed E-state index contributed by atoms with van der Waals surface area (Å²) in [4.78, 5) is 12.4. The van der Waals surface area contributed by atoms with Gasteiger partial charge < -0.3 is 15.3 Å². The number of benzene rings is 5. The number of nitrogens with zero attached hydrogens (tertiary/aromatic N) is 1. The molecule has 4 N–H and O–H groups in total. The Morgan fingerprint density at radius 3 is 2.15 bits per heavy atom. The number of aromatic nitrogens is 3. The van der Waals surface area contributed by atoms with Crippen molar-refractivity contribution in [2.24, 2.45) is 0 Å². The van der Waals surface area contributed by atoms with Crippen molar-refractivity contribution < 1.29 is 0 Å². The number of H-pyrrole nitrogens is 2. The number of fused-ring (bicyclic) bond motifs is 4. The molecule has 8 rings (SSSR count). The fourth-order valence-electron chi connectivity index (χ4n) is 7.24. The molecular formula is C47H45N5. The number of pyridine rings is 1. The number of aromatic amines is 2. The quantitative estimate of drug-likeness (QED) is 0.132. The van der Waals surface area contributed by atoms with Crippen molar-refractivity contribution >= 4 is 49.9 Å². The van der Waals surface area contributed by atoms with E-state index in [2.05, 4.69) is 149 Å². The first-order chi connectivity index (χ1) is 24.8. The first kappa shape index (κ1) is 33.2. The molecule has 5 aromatic carbocycles. The lowest BCUT2D eigenvalue weighted by Crippen LogP contribution is -2.14. The molecule has 0 aliphatic rings.